The quantitative estimate of drug-likeness (QED) is 0.234. The minimum Gasteiger partial charge on any atom is -0.383 e. The fourth-order valence-corrected chi connectivity index (χ4v) is 2.32. The van der Waals surface area contributed by atoms with Gasteiger partial charge >= 0.3 is 0 Å². The Hall–Kier alpha value is -0.910. The van der Waals surface area contributed by atoms with Crippen molar-refractivity contribution in [3.63, 3.8) is 0 Å². The molecule has 0 heterocycles. The first-order valence-corrected chi connectivity index (χ1v) is 8.14. The molecule has 0 aromatic heterocycles. The second kappa shape index (κ2) is 10.8. The molecular weight excluding hydrogens is 419 g/mol. The molecule has 1 aromatic carbocycles. The molecule has 0 atom stereocenters. The molecule has 126 valence electrons. The van der Waals surface area contributed by atoms with E-state index < -0.39 is 10.0 Å². The van der Waals surface area contributed by atoms with Crippen molar-refractivity contribution in [2.24, 2.45) is 10.7 Å². The molecule has 0 aliphatic carbocycles. The van der Waals surface area contributed by atoms with Crippen molar-refractivity contribution in [1.82, 2.24) is 10.0 Å². The van der Waals surface area contributed by atoms with Gasteiger partial charge in [0.15, 0.2) is 5.96 Å². The van der Waals surface area contributed by atoms with E-state index in [1.807, 2.05) is 12.1 Å². The van der Waals surface area contributed by atoms with Crippen molar-refractivity contribution in [1.29, 1.82) is 0 Å². The van der Waals surface area contributed by atoms with E-state index in [-0.39, 0.29) is 29.7 Å². The maximum absolute atomic E-state index is 11.4. The van der Waals surface area contributed by atoms with Gasteiger partial charge in [0.25, 0.3) is 0 Å². The summed E-state index contributed by atoms with van der Waals surface area (Å²) in [7, 11) is -0.227. The van der Waals surface area contributed by atoms with Gasteiger partial charge in [-0.3, -0.25) is 0 Å². The van der Waals surface area contributed by atoms with Gasteiger partial charge in [0.2, 0.25) is 10.0 Å². The summed E-state index contributed by atoms with van der Waals surface area (Å²) in [5.41, 5.74) is 7.37. The van der Waals surface area contributed by atoms with Crippen molar-refractivity contribution >= 4 is 40.0 Å². The Balaban J connectivity index is 0.00000441. The number of benzene rings is 1. The van der Waals surface area contributed by atoms with Crippen LogP contribution in [0.1, 0.15) is 11.1 Å². The van der Waals surface area contributed by atoms with Crippen molar-refractivity contribution < 1.29 is 13.2 Å². The Bertz CT molecular complexity index is 561. The fraction of sp³-hybridized carbons (Fsp3) is 0.462. The van der Waals surface area contributed by atoms with Gasteiger partial charge in [-0.25, -0.2) is 18.1 Å². The molecule has 0 aliphatic rings. The van der Waals surface area contributed by atoms with E-state index in [0.717, 1.165) is 11.1 Å². The number of nitrogens with two attached hydrogens (primary N) is 1. The topological polar surface area (TPSA) is 106 Å². The summed E-state index contributed by atoms with van der Waals surface area (Å²) < 4.78 is 30.0. The van der Waals surface area contributed by atoms with Crippen LogP contribution in [-0.4, -0.2) is 41.7 Å². The van der Waals surface area contributed by atoms with Gasteiger partial charge in [-0.15, -0.1) is 24.0 Å². The molecule has 0 aliphatic heterocycles. The molecule has 0 amide bonds. The van der Waals surface area contributed by atoms with E-state index in [2.05, 4.69) is 15.0 Å². The Morgan fingerprint density at radius 3 is 2.41 bits per heavy atom. The Labute approximate surface area is 148 Å². The molecule has 22 heavy (non-hydrogen) atoms. The van der Waals surface area contributed by atoms with E-state index in [1.165, 1.54) is 7.05 Å². The van der Waals surface area contributed by atoms with E-state index >= 15 is 0 Å². The van der Waals surface area contributed by atoms with Crippen molar-refractivity contribution in [2.45, 2.75) is 12.3 Å². The molecule has 0 saturated carbocycles. The van der Waals surface area contributed by atoms with E-state index in [9.17, 15) is 8.42 Å². The molecular formula is C13H23IN4O3S. The SMILES string of the molecule is CNS(=O)(=O)Cc1ccc(CN=C(N)NCCOC)cc1.I. The number of hydrogen-bond acceptors (Lipinski definition) is 4. The average molecular weight is 442 g/mol. The molecule has 0 bridgehead atoms. The van der Waals surface area contributed by atoms with Crippen LogP contribution >= 0.6 is 24.0 Å². The molecule has 9 heteroatoms. The van der Waals surface area contributed by atoms with Crippen LogP contribution in [-0.2, 0) is 27.1 Å². The summed E-state index contributed by atoms with van der Waals surface area (Å²) in [6.45, 7) is 1.60. The summed E-state index contributed by atoms with van der Waals surface area (Å²) in [5.74, 6) is 0.321. The predicted octanol–water partition coefficient (Wildman–Crippen LogP) is 0.405. The zero-order chi connectivity index (χ0) is 15.7. The summed E-state index contributed by atoms with van der Waals surface area (Å²) >= 11 is 0. The third kappa shape index (κ3) is 8.51. The number of nitrogens with zero attached hydrogens (tertiary/aromatic N) is 1. The van der Waals surface area contributed by atoms with Crippen LogP contribution < -0.4 is 15.8 Å². The van der Waals surface area contributed by atoms with Crippen molar-refractivity contribution in [3.05, 3.63) is 35.4 Å². The normalized spacial score (nSPS) is 11.8. The molecule has 0 radical (unpaired) electrons. The highest BCUT2D eigenvalue weighted by Crippen LogP contribution is 2.08. The smallest absolute Gasteiger partial charge is 0.215 e. The minimum absolute atomic E-state index is 0. The first kappa shape index (κ1) is 21.1. The third-order valence-electron chi connectivity index (χ3n) is 2.73. The molecule has 0 saturated heterocycles. The number of sulfonamides is 1. The minimum atomic E-state index is -3.24. The van der Waals surface area contributed by atoms with Gasteiger partial charge in [0.05, 0.1) is 18.9 Å². The zero-order valence-corrected chi connectivity index (χ0v) is 15.9. The average Bonchev–Trinajstić information content (AvgIpc) is 2.46. The lowest BCUT2D eigenvalue weighted by molar-refractivity contribution is 0.204. The van der Waals surface area contributed by atoms with E-state index in [0.29, 0.717) is 25.7 Å². The number of nitrogens with one attached hydrogen (secondary N) is 2. The maximum atomic E-state index is 11.4. The van der Waals surface area contributed by atoms with Crippen molar-refractivity contribution in [2.75, 3.05) is 27.3 Å². The molecule has 4 N–H and O–H groups in total. The number of hydrogen-bond donors (Lipinski definition) is 3. The predicted molar refractivity (Wildman–Crippen MR) is 98.7 cm³/mol. The van der Waals surface area contributed by atoms with Gasteiger partial charge < -0.3 is 15.8 Å². The van der Waals surface area contributed by atoms with Crippen LogP contribution in [0.2, 0.25) is 0 Å². The van der Waals surface area contributed by atoms with Crippen LogP contribution in [0.15, 0.2) is 29.3 Å². The molecule has 1 rings (SSSR count). The molecule has 7 nitrogen and oxygen atoms in total. The fourth-order valence-electron chi connectivity index (χ4n) is 1.55. The van der Waals surface area contributed by atoms with Crippen LogP contribution in [0.5, 0.6) is 0 Å². The van der Waals surface area contributed by atoms with E-state index in [4.69, 9.17) is 10.5 Å². The highest BCUT2D eigenvalue weighted by molar-refractivity contribution is 14.0. The van der Waals surface area contributed by atoms with Gasteiger partial charge in [0, 0.05) is 13.7 Å². The molecule has 0 unspecified atom stereocenters. The summed E-state index contributed by atoms with van der Waals surface area (Å²) in [6, 6.07) is 7.22. The van der Waals surface area contributed by atoms with E-state index in [1.54, 1.807) is 19.2 Å². The molecule has 0 fully saturated rings. The van der Waals surface area contributed by atoms with Crippen molar-refractivity contribution in [3.8, 4) is 0 Å². The Morgan fingerprint density at radius 2 is 1.86 bits per heavy atom. The highest BCUT2D eigenvalue weighted by atomic mass is 127. The maximum Gasteiger partial charge on any atom is 0.215 e. The monoisotopic (exact) mass is 442 g/mol. The number of ether oxygens (including phenoxy) is 1. The first-order valence-electron chi connectivity index (χ1n) is 6.48. The van der Waals surface area contributed by atoms with Crippen LogP contribution in [0, 0.1) is 0 Å². The number of halogens is 1. The number of guanidine groups is 1. The number of methoxy groups -OCH3 is 1. The lowest BCUT2D eigenvalue weighted by Crippen LogP contribution is -2.34. The lowest BCUT2D eigenvalue weighted by atomic mass is 10.1. The van der Waals surface area contributed by atoms with Crippen LogP contribution in [0.3, 0.4) is 0 Å². The largest absolute Gasteiger partial charge is 0.383 e. The Morgan fingerprint density at radius 1 is 1.27 bits per heavy atom. The molecule has 0 spiro atoms. The van der Waals surface area contributed by atoms with Crippen LogP contribution in [0.25, 0.3) is 0 Å². The second-order valence-corrected chi connectivity index (χ2v) is 6.33. The zero-order valence-electron chi connectivity index (χ0n) is 12.7. The highest BCUT2D eigenvalue weighted by Gasteiger charge is 2.07. The van der Waals surface area contributed by atoms with Gasteiger partial charge in [-0.1, -0.05) is 24.3 Å². The van der Waals surface area contributed by atoms with Gasteiger partial charge in [-0.05, 0) is 18.2 Å². The lowest BCUT2D eigenvalue weighted by Gasteiger charge is -2.06. The summed E-state index contributed by atoms with van der Waals surface area (Å²) in [5, 5.41) is 2.92. The number of rotatable bonds is 8. The third-order valence-corrected chi connectivity index (χ3v) is 4.07. The standard InChI is InChI=1S/C13H22N4O3S.HI/c1-15-21(18,19)10-12-5-3-11(4-6-12)9-17-13(14)16-7-8-20-2;/h3-6,15H,7-10H2,1-2H3,(H3,14,16,17);1H. The van der Waals surface area contributed by atoms with Crippen LogP contribution in [0.4, 0.5) is 0 Å². The summed E-state index contributed by atoms with van der Waals surface area (Å²) in [6.07, 6.45) is 0. The summed E-state index contributed by atoms with van der Waals surface area (Å²) in [4.78, 5) is 4.18. The van der Waals surface area contributed by atoms with Gasteiger partial charge in [0.1, 0.15) is 0 Å². The second-order valence-electron chi connectivity index (χ2n) is 4.40. The first-order chi connectivity index (χ1) is 9.96. The number of aliphatic imine (C=N–C) groups is 1. The Kier molecular flexibility index (Phi) is 10.3. The van der Waals surface area contributed by atoms with Gasteiger partial charge in [-0.2, -0.15) is 0 Å². The molecule has 1 aromatic rings.